The van der Waals surface area contributed by atoms with E-state index in [0.29, 0.717) is 6.42 Å². The van der Waals surface area contributed by atoms with Crippen LogP contribution in [0.25, 0.3) is 5.65 Å². The lowest BCUT2D eigenvalue weighted by Crippen LogP contribution is -1.97. The molecular formula is C11H12N2O2. The van der Waals surface area contributed by atoms with E-state index >= 15 is 0 Å². The van der Waals surface area contributed by atoms with Crippen molar-refractivity contribution < 1.29 is 9.90 Å². The molecule has 78 valence electrons. The van der Waals surface area contributed by atoms with Crippen LogP contribution in [0.3, 0.4) is 0 Å². The Morgan fingerprint density at radius 1 is 1.60 bits per heavy atom. The van der Waals surface area contributed by atoms with Crippen molar-refractivity contribution in [3.8, 4) is 0 Å². The number of carboxylic acid groups (broad SMARTS) is 1. The Kier molecular flexibility index (Phi) is 2.41. The maximum Gasteiger partial charge on any atom is 0.303 e. The Morgan fingerprint density at radius 3 is 3.13 bits per heavy atom. The molecular weight excluding hydrogens is 192 g/mol. The lowest BCUT2D eigenvalue weighted by molar-refractivity contribution is -0.136. The van der Waals surface area contributed by atoms with Crippen LogP contribution in [0.4, 0.5) is 0 Å². The molecule has 0 aliphatic carbocycles. The summed E-state index contributed by atoms with van der Waals surface area (Å²) in [4.78, 5) is 14.8. The average Bonchev–Trinajstić information content (AvgIpc) is 2.56. The predicted molar refractivity (Wildman–Crippen MR) is 55.9 cm³/mol. The fourth-order valence-electron chi connectivity index (χ4n) is 1.49. The SMILES string of the molecule is Cc1ccn2cc(CCC(=O)O)nc2c1. The molecule has 2 aromatic rings. The molecule has 0 aliphatic heterocycles. The van der Waals surface area contributed by atoms with Crippen LogP contribution < -0.4 is 0 Å². The number of rotatable bonds is 3. The molecule has 15 heavy (non-hydrogen) atoms. The molecule has 2 rings (SSSR count). The first-order chi connectivity index (χ1) is 7.15. The Hall–Kier alpha value is -1.84. The molecule has 0 aliphatic rings. The number of carbonyl (C=O) groups is 1. The molecule has 0 unspecified atom stereocenters. The van der Waals surface area contributed by atoms with E-state index < -0.39 is 5.97 Å². The molecule has 0 bridgehead atoms. The van der Waals surface area contributed by atoms with Crippen molar-refractivity contribution >= 4 is 11.6 Å². The molecule has 0 saturated heterocycles. The van der Waals surface area contributed by atoms with Gasteiger partial charge in [0.15, 0.2) is 0 Å². The Morgan fingerprint density at radius 2 is 2.40 bits per heavy atom. The average molecular weight is 204 g/mol. The molecule has 0 saturated carbocycles. The fourth-order valence-corrected chi connectivity index (χ4v) is 1.49. The van der Waals surface area contributed by atoms with Gasteiger partial charge in [-0.1, -0.05) is 0 Å². The number of hydrogen-bond acceptors (Lipinski definition) is 2. The van der Waals surface area contributed by atoms with Gasteiger partial charge in [-0.25, -0.2) is 4.98 Å². The summed E-state index contributed by atoms with van der Waals surface area (Å²) in [7, 11) is 0. The third-order valence-electron chi connectivity index (χ3n) is 2.26. The van der Waals surface area contributed by atoms with Crippen LogP contribution in [0.15, 0.2) is 24.5 Å². The van der Waals surface area contributed by atoms with Gasteiger partial charge in [-0.05, 0) is 24.6 Å². The van der Waals surface area contributed by atoms with Gasteiger partial charge in [-0.2, -0.15) is 0 Å². The van der Waals surface area contributed by atoms with E-state index in [1.165, 1.54) is 0 Å². The topological polar surface area (TPSA) is 54.6 Å². The van der Waals surface area contributed by atoms with Crippen LogP contribution in [0.5, 0.6) is 0 Å². The zero-order valence-corrected chi connectivity index (χ0v) is 8.47. The molecule has 4 heteroatoms. The summed E-state index contributed by atoms with van der Waals surface area (Å²) in [6.07, 6.45) is 4.42. The van der Waals surface area contributed by atoms with Gasteiger partial charge >= 0.3 is 5.97 Å². The number of aliphatic carboxylic acids is 1. The highest BCUT2D eigenvalue weighted by Gasteiger charge is 2.04. The van der Waals surface area contributed by atoms with Gasteiger partial charge < -0.3 is 9.51 Å². The second kappa shape index (κ2) is 3.73. The fraction of sp³-hybridized carbons (Fsp3) is 0.273. The van der Waals surface area contributed by atoms with E-state index in [1.807, 2.05) is 35.9 Å². The molecule has 0 fully saturated rings. The maximum atomic E-state index is 10.4. The smallest absolute Gasteiger partial charge is 0.303 e. The summed E-state index contributed by atoms with van der Waals surface area (Å²) in [6, 6.07) is 3.97. The highest BCUT2D eigenvalue weighted by Crippen LogP contribution is 2.08. The van der Waals surface area contributed by atoms with Gasteiger partial charge in [0.2, 0.25) is 0 Å². The molecule has 2 aromatic heterocycles. The molecule has 0 spiro atoms. The van der Waals surface area contributed by atoms with Crippen LogP contribution >= 0.6 is 0 Å². The molecule has 4 nitrogen and oxygen atoms in total. The van der Waals surface area contributed by atoms with Gasteiger partial charge in [0.1, 0.15) is 5.65 Å². The van der Waals surface area contributed by atoms with Crippen LogP contribution in [0.2, 0.25) is 0 Å². The third kappa shape index (κ3) is 2.15. The second-order valence-electron chi connectivity index (χ2n) is 3.60. The summed E-state index contributed by atoms with van der Waals surface area (Å²) in [5.41, 5.74) is 2.84. The van der Waals surface area contributed by atoms with E-state index in [-0.39, 0.29) is 6.42 Å². The summed E-state index contributed by atoms with van der Waals surface area (Å²) in [5, 5.41) is 8.56. The molecule has 0 aromatic carbocycles. The zero-order chi connectivity index (χ0) is 10.8. The number of hydrogen-bond donors (Lipinski definition) is 1. The van der Waals surface area contributed by atoms with Gasteiger partial charge in [0.25, 0.3) is 0 Å². The van der Waals surface area contributed by atoms with Crippen molar-refractivity contribution in [3.05, 3.63) is 35.8 Å². The molecule has 0 radical (unpaired) electrons. The van der Waals surface area contributed by atoms with Crippen LogP contribution in [-0.2, 0) is 11.2 Å². The number of fused-ring (bicyclic) bond motifs is 1. The number of nitrogens with zero attached hydrogens (tertiary/aromatic N) is 2. The number of carboxylic acids is 1. The zero-order valence-electron chi connectivity index (χ0n) is 8.47. The van der Waals surface area contributed by atoms with E-state index in [2.05, 4.69) is 4.98 Å². The largest absolute Gasteiger partial charge is 0.481 e. The molecule has 1 N–H and O–H groups in total. The van der Waals surface area contributed by atoms with Gasteiger partial charge in [-0.15, -0.1) is 0 Å². The van der Waals surface area contributed by atoms with E-state index in [0.717, 1.165) is 16.9 Å². The standard InChI is InChI=1S/C11H12N2O2/c1-8-4-5-13-7-9(2-3-11(14)15)12-10(13)6-8/h4-7H,2-3H2,1H3,(H,14,15). The summed E-state index contributed by atoms with van der Waals surface area (Å²) in [5.74, 6) is -0.789. The first-order valence-electron chi connectivity index (χ1n) is 4.81. The first kappa shape index (κ1) is 9.71. The summed E-state index contributed by atoms with van der Waals surface area (Å²) in [6.45, 7) is 2.01. The highest BCUT2D eigenvalue weighted by atomic mass is 16.4. The minimum atomic E-state index is -0.789. The van der Waals surface area contributed by atoms with Gasteiger partial charge in [-0.3, -0.25) is 4.79 Å². The first-order valence-corrected chi connectivity index (χ1v) is 4.81. The highest BCUT2D eigenvalue weighted by molar-refractivity contribution is 5.67. The molecule has 0 amide bonds. The lowest BCUT2D eigenvalue weighted by atomic mass is 10.2. The number of aryl methyl sites for hydroxylation is 2. The number of pyridine rings is 1. The second-order valence-corrected chi connectivity index (χ2v) is 3.60. The molecule has 2 heterocycles. The minimum absolute atomic E-state index is 0.128. The predicted octanol–water partition coefficient (Wildman–Crippen LogP) is 1.66. The van der Waals surface area contributed by atoms with Crippen molar-refractivity contribution in [1.29, 1.82) is 0 Å². The van der Waals surface area contributed by atoms with Crippen LogP contribution in [0, 0.1) is 6.92 Å². The van der Waals surface area contributed by atoms with E-state index in [4.69, 9.17) is 5.11 Å². The van der Waals surface area contributed by atoms with Crippen LogP contribution in [-0.4, -0.2) is 20.5 Å². The van der Waals surface area contributed by atoms with Crippen molar-refractivity contribution in [2.45, 2.75) is 19.8 Å². The Labute approximate surface area is 87.2 Å². The van der Waals surface area contributed by atoms with Crippen molar-refractivity contribution in [2.75, 3.05) is 0 Å². The monoisotopic (exact) mass is 204 g/mol. The number of imidazole rings is 1. The van der Waals surface area contributed by atoms with Gasteiger partial charge in [0.05, 0.1) is 12.1 Å². The van der Waals surface area contributed by atoms with Crippen molar-refractivity contribution in [1.82, 2.24) is 9.38 Å². The third-order valence-corrected chi connectivity index (χ3v) is 2.26. The number of aromatic nitrogens is 2. The van der Waals surface area contributed by atoms with Crippen molar-refractivity contribution in [3.63, 3.8) is 0 Å². The minimum Gasteiger partial charge on any atom is -0.481 e. The quantitative estimate of drug-likeness (QED) is 0.827. The Bertz CT molecular complexity index is 502. The normalized spacial score (nSPS) is 10.7. The van der Waals surface area contributed by atoms with Crippen molar-refractivity contribution in [2.24, 2.45) is 0 Å². The van der Waals surface area contributed by atoms with E-state index in [1.54, 1.807) is 0 Å². The molecule has 0 atom stereocenters. The Balaban J connectivity index is 2.27. The van der Waals surface area contributed by atoms with E-state index in [9.17, 15) is 4.79 Å². The summed E-state index contributed by atoms with van der Waals surface area (Å²) >= 11 is 0. The lowest BCUT2D eigenvalue weighted by Gasteiger charge is -1.92. The van der Waals surface area contributed by atoms with Crippen LogP contribution in [0.1, 0.15) is 17.7 Å². The summed E-state index contributed by atoms with van der Waals surface area (Å²) < 4.78 is 1.91. The maximum absolute atomic E-state index is 10.4. The van der Waals surface area contributed by atoms with Gasteiger partial charge in [0, 0.05) is 18.8 Å².